The smallest absolute Gasteiger partial charge is 0.125 e. The minimum absolute atomic E-state index is 0.765. The van der Waals surface area contributed by atoms with Crippen LogP contribution in [0.15, 0.2) is 24.3 Å². The zero-order chi connectivity index (χ0) is 10.1. The number of hydrogen-bond donors (Lipinski definition) is 0. The van der Waals surface area contributed by atoms with Crippen LogP contribution in [-0.2, 0) is 0 Å². The Morgan fingerprint density at radius 3 is 2.50 bits per heavy atom. The van der Waals surface area contributed by atoms with Crippen molar-refractivity contribution in [1.82, 2.24) is 4.98 Å². The first-order valence-electron chi connectivity index (χ1n) is 4.37. The van der Waals surface area contributed by atoms with E-state index in [1.165, 1.54) is 4.88 Å². The number of benzene rings is 1. The lowest BCUT2D eigenvalue weighted by Crippen LogP contribution is -1.78. The van der Waals surface area contributed by atoms with Crippen molar-refractivity contribution in [3.8, 4) is 10.6 Å². The van der Waals surface area contributed by atoms with Crippen LogP contribution in [0.5, 0.6) is 0 Å². The molecule has 1 heterocycles. The molecule has 1 aromatic heterocycles. The molecule has 0 atom stereocenters. The molecular weight excluding hydrogens is 214 g/mol. The number of halogens is 1. The molecule has 0 spiro atoms. The lowest BCUT2D eigenvalue weighted by molar-refractivity contribution is 1.23. The van der Waals surface area contributed by atoms with Crippen LogP contribution in [0.1, 0.15) is 10.6 Å². The number of aryl methyl sites for hydroxylation is 2. The highest BCUT2D eigenvalue weighted by atomic mass is 35.5. The molecule has 0 N–H and O–H groups in total. The Morgan fingerprint density at radius 2 is 1.93 bits per heavy atom. The molecule has 0 bridgehead atoms. The summed E-state index contributed by atoms with van der Waals surface area (Å²) in [4.78, 5) is 5.73. The number of hydrogen-bond acceptors (Lipinski definition) is 2. The first-order chi connectivity index (χ1) is 6.68. The molecule has 0 unspecified atom stereocenters. The second-order valence-corrected chi connectivity index (χ2v) is 4.75. The second kappa shape index (κ2) is 3.71. The van der Waals surface area contributed by atoms with Crippen LogP contribution in [-0.4, -0.2) is 4.98 Å². The van der Waals surface area contributed by atoms with Gasteiger partial charge >= 0.3 is 0 Å². The third-order valence-electron chi connectivity index (χ3n) is 2.13. The highest BCUT2D eigenvalue weighted by Gasteiger charge is 2.08. The van der Waals surface area contributed by atoms with Gasteiger partial charge < -0.3 is 0 Å². The molecule has 1 nitrogen and oxygen atoms in total. The summed E-state index contributed by atoms with van der Waals surface area (Å²) in [6.07, 6.45) is 0. The average Bonchev–Trinajstić information content (AvgIpc) is 2.48. The molecule has 72 valence electrons. The van der Waals surface area contributed by atoms with Crippen molar-refractivity contribution in [3.05, 3.63) is 39.9 Å². The minimum Gasteiger partial charge on any atom is -0.241 e. The number of rotatable bonds is 1. The normalized spacial score (nSPS) is 10.5. The fraction of sp³-hybridized carbons (Fsp3) is 0.182. The molecule has 3 heteroatoms. The first-order valence-corrected chi connectivity index (χ1v) is 5.57. The summed E-state index contributed by atoms with van der Waals surface area (Å²) in [5, 5.41) is 1.77. The fourth-order valence-electron chi connectivity index (χ4n) is 1.22. The fourth-order valence-corrected chi connectivity index (χ4v) is 2.46. The molecule has 0 amide bonds. The quantitative estimate of drug-likeness (QED) is 0.710. The van der Waals surface area contributed by atoms with Gasteiger partial charge in [-0.05, 0) is 19.9 Å². The van der Waals surface area contributed by atoms with Crippen LogP contribution in [0, 0.1) is 13.8 Å². The molecule has 0 saturated heterocycles. The molecule has 0 fully saturated rings. The Morgan fingerprint density at radius 1 is 1.21 bits per heavy atom. The molecule has 0 radical (unpaired) electrons. The van der Waals surface area contributed by atoms with E-state index in [1.54, 1.807) is 11.3 Å². The third kappa shape index (κ3) is 1.68. The van der Waals surface area contributed by atoms with E-state index in [0.29, 0.717) is 0 Å². The zero-order valence-corrected chi connectivity index (χ0v) is 9.62. The molecule has 1 aromatic carbocycles. The maximum atomic E-state index is 6.09. The van der Waals surface area contributed by atoms with Crippen LogP contribution in [0.2, 0.25) is 5.02 Å². The molecule has 0 saturated carbocycles. The summed E-state index contributed by atoms with van der Waals surface area (Å²) in [5.41, 5.74) is 2.11. The Balaban J connectivity index is 2.55. The zero-order valence-electron chi connectivity index (χ0n) is 8.04. The van der Waals surface area contributed by atoms with Crippen molar-refractivity contribution >= 4 is 22.9 Å². The lowest BCUT2D eigenvalue weighted by Gasteiger charge is -1.97. The Hall–Kier alpha value is -0.860. The van der Waals surface area contributed by atoms with Gasteiger partial charge in [-0.25, -0.2) is 4.98 Å². The van der Waals surface area contributed by atoms with E-state index in [-0.39, 0.29) is 0 Å². The lowest BCUT2D eigenvalue weighted by atomic mass is 10.2. The van der Waals surface area contributed by atoms with Gasteiger partial charge in [-0.1, -0.05) is 29.8 Å². The van der Waals surface area contributed by atoms with Crippen LogP contribution >= 0.6 is 22.9 Å². The molecule has 2 rings (SSSR count). The van der Waals surface area contributed by atoms with E-state index in [2.05, 4.69) is 11.9 Å². The monoisotopic (exact) mass is 223 g/mol. The highest BCUT2D eigenvalue weighted by molar-refractivity contribution is 7.15. The van der Waals surface area contributed by atoms with E-state index < -0.39 is 0 Å². The van der Waals surface area contributed by atoms with Crippen molar-refractivity contribution < 1.29 is 0 Å². The van der Waals surface area contributed by atoms with Crippen molar-refractivity contribution in [3.63, 3.8) is 0 Å². The van der Waals surface area contributed by atoms with Gasteiger partial charge in [-0.3, -0.25) is 0 Å². The number of aromatic nitrogens is 1. The first kappa shape index (κ1) is 9.69. The Bertz CT molecular complexity index is 443. The van der Waals surface area contributed by atoms with Gasteiger partial charge in [-0.2, -0.15) is 0 Å². The van der Waals surface area contributed by atoms with E-state index in [4.69, 9.17) is 11.6 Å². The highest BCUT2D eigenvalue weighted by Crippen LogP contribution is 2.31. The Labute approximate surface area is 92.4 Å². The Kier molecular flexibility index (Phi) is 2.57. The summed E-state index contributed by atoms with van der Waals surface area (Å²) < 4.78 is 0. The summed E-state index contributed by atoms with van der Waals surface area (Å²) in [6.45, 7) is 4.10. The van der Waals surface area contributed by atoms with E-state index in [0.717, 1.165) is 21.3 Å². The van der Waals surface area contributed by atoms with Gasteiger partial charge in [0.05, 0.1) is 10.7 Å². The maximum absolute atomic E-state index is 6.09. The molecule has 0 aliphatic heterocycles. The topological polar surface area (TPSA) is 12.9 Å². The summed E-state index contributed by atoms with van der Waals surface area (Å²) in [7, 11) is 0. The third-order valence-corrected chi connectivity index (χ3v) is 3.57. The van der Waals surface area contributed by atoms with E-state index in [9.17, 15) is 0 Å². The minimum atomic E-state index is 0.765. The van der Waals surface area contributed by atoms with E-state index >= 15 is 0 Å². The average molecular weight is 224 g/mol. The van der Waals surface area contributed by atoms with Gasteiger partial charge in [0, 0.05) is 10.4 Å². The van der Waals surface area contributed by atoms with Crippen LogP contribution in [0.25, 0.3) is 10.6 Å². The predicted octanol–water partition coefficient (Wildman–Crippen LogP) is 4.08. The number of nitrogens with zero attached hydrogens (tertiary/aromatic N) is 1. The molecular formula is C11H10ClNS. The predicted molar refractivity (Wildman–Crippen MR) is 62.0 cm³/mol. The molecule has 14 heavy (non-hydrogen) atoms. The standard InChI is InChI=1S/C11H10ClNS/c1-7-8(2)14-11(13-7)9-5-3-4-6-10(9)12/h3-6H,1-2H3. The van der Waals surface area contributed by atoms with Crippen molar-refractivity contribution in [2.75, 3.05) is 0 Å². The largest absolute Gasteiger partial charge is 0.241 e. The van der Waals surface area contributed by atoms with Crippen molar-refractivity contribution in [1.29, 1.82) is 0 Å². The van der Waals surface area contributed by atoms with Crippen molar-refractivity contribution in [2.24, 2.45) is 0 Å². The van der Waals surface area contributed by atoms with Gasteiger partial charge in [0.2, 0.25) is 0 Å². The van der Waals surface area contributed by atoms with Gasteiger partial charge in [0.15, 0.2) is 0 Å². The summed E-state index contributed by atoms with van der Waals surface area (Å²) in [5.74, 6) is 0. The van der Waals surface area contributed by atoms with Gasteiger partial charge in [-0.15, -0.1) is 11.3 Å². The van der Waals surface area contributed by atoms with Gasteiger partial charge in [0.25, 0.3) is 0 Å². The van der Waals surface area contributed by atoms with Crippen molar-refractivity contribution in [2.45, 2.75) is 13.8 Å². The van der Waals surface area contributed by atoms with Crippen LogP contribution in [0.4, 0.5) is 0 Å². The van der Waals surface area contributed by atoms with Gasteiger partial charge in [0.1, 0.15) is 5.01 Å². The van der Waals surface area contributed by atoms with E-state index in [1.807, 2.05) is 31.2 Å². The second-order valence-electron chi connectivity index (χ2n) is 3.14. The van der Waals surface area contributed by atoms with Crippen LogP contribution < -0.4 is 0 Å². The number of thiazole rings is 1. The maximum Gasteiger partial charge on any atom is 0.125 e. The molecule has 0 aliphatic carbocycles. The van der Waals surface area contributed by atoms with Crippen LogP contribution in [0.3, 0.4) is 0 Å². The summed E-state index contributed by atoms with van der Waals surface area (Å²) in [6, 6.07) is 7.80. The summed E-state index contributed by atoms with van der Waals surface area (Å²) >= 11 is 7.77. The SMILES string of the molecule is Cc1nc(-c2ccccc2Cl)sc1C. The molecule has 2 aromatic rings. The molecule has 0 aliphatic rings.